The van der Waals surface area contributed by atoms with Gasteiger partial charge in [0.25, 0.3) is 5.91 Å². The van der Waals surface area contributed by atoms with Crippen LogP contribution in [0.15, 0.2) is 41.0 Å². The third-order valence-electron chi connectivity index (χ3n) is 4.43. The third kappa shape index (κ3) is 3.80. The van der Waals surface area contributed by atoms with Crippen LogP contribution in [0.2, 0.25) is 5.02 Å². The number of anilines is 1. The van der Waals surface area contributed by atoms with Gasteiger partial charge in [-0.05, 0) is 38.1 Å². The van der Waals surface area contributed by atoms with Gasteiger partial charge in [0.05, 0.1) is 43.3 Å². The lowest BCUT2D eigenvalue weighted by molar-refractivity contribution is 0.102. The number of halogens is 1. The quantitative estimate of drug-likeness (QED) is 0.666. The molecule has 0 aliphatic heterocycles. The summed E-state index contributed by atoms with van der Waals surface area (Å²) in [6.45, 7) is 4.43. The predicted octanol–water partition coefficient (Wildman–Crippen LogP) is 4.67. The molecule has 1 amide bonds. The summed E-state index contributed by atoms with van der Waals surface area (Å²) in [5.41, 5.74) is 2.87. The molecule has 0 bridgehead atoms. The Morgan fingerprint density at radius 1 is 1.19 bits per heavy atom. The number of hydrogen-bond acceptors (Lipinski definition) is 4. The fourth-order valence-corrected chi connectivity index (χ4v) is 3.22. The maximum Gasteiger partial charge on any atom is 0.257 e. The van der Waals surface area contributed by atoms with E-state index in [0.29, 0.717) is 34.3 Å². The second kappa shape index (κ2) is 7.80. The Morgan fingerprint density at radius 2 is 1.93 bits per heavy atom. The normalized spacial score (nSPS) is 10.7. The molecular formula is C20H21ClN2O4. The molecule has 0 aliphatic carbocycles. The molecule has 2 heterocycles. The van der Waals surface area contributed by atoms with Gasteiger partial charge >= 0.3 is 0 Å². The number of nitrogens with zero attached hydrogens (tertiary/aromatic N) is 1. The number of aryl methyl sites for hydroxylation is 1. The molecule has 7 heteroatoms. The van der Waals surface area contributed by atoms with Crippen LogP contribution in [0.1, 0.15) is 27.5 Å². The second-order valence-corrected chi connectivity index (χ2v) is 6.50. The highest BCUT2D eigenvalue weighted by atomic mass is 35.5. The number of hydrogen-bond donors (Lipinski definition) is 1. The van der Waals surface area contributed by atoms with Crippen LogP contribution in [0.5, 0.6) is 11.5 Å². The van der Waals surface area contributed by atoms with Crippen molar-refractivity contribution in [3.05, 3.63) is 64.3 Å². The van der Waals surface area contributed by atoms with Crippen molar-refractivity contribution in [2.24, 2.45) is 0 Å². The summed E-state index contributed by atoms with van der Waals surface area (Å²) in [6.07, 6.45) is 1.64. The lowest BCUT2D eigenvalue weighted by Crippen LogP contribution is -2.14. The molecule has 3 aromatic rings. The number of methoxy groups -OCH3 is 2. The van der Waals surface area contributed by atoms with Crippen molar-refractivity contribution >= 4 is 23.2 Å². The van der Waals surface area contributed by atoms with E-state index in [0.717, 1.165) is 17.1 Å². The summed E-state index contributed by atoms with van der Waals surface area (Å²) < 4.78 is 18.0. The topological polar surface area (TPSA) is 65.6 Å². The number of carbonyl (C=O) groups excluding carboxylic acids is 1. The van der Waals surface area contributed by atoms with E-state index >= 15 is 0 Å². The number of carbonyl (C=O) groups is 1. The van der Waals surface area contributed by atoms with E-state index in [2.05, 4.69) is 5.32 Å². The van der Waals surface area contributed by atoms with Gasteiger partial charge in [0.1, 0.15) is 17.3 Å². The molecule has 0 aliphatic rings. The van der Waals surface area contributed by atoms with Crippen LogP contribution in [0.25, 0.3) is 0 Å². The molecule has 27 heavy (non-hydrogen) atoms. The Hall–Kier alpha value is -2.86. The smallest absolute Gasteiger partial charge is 0.257 e. The Labute approximate surface area is 162 Å². The third-order valence-corrected chi connectivity index (χ3v) is 4.73. The molecule has 0 spiro atoms. The summed E-state index contributed by atoms with van der Waals surface area (Å²) in [6, 6.07) is 8.85. The monoisotopic (exact) mass is 388 g/mol. The van der Waals surface area contributed by atoms with Crippen LogP contribution in [0.3, 0.4) is 0 Å². The lowest BCUT2D eigenvalue weighted by atomic mass is 10.2. The van der Waals surface area contributed by atoms with Crippen molar-refractivity contribution in [3.63, 3.8) is 0 Å². The van der Waals surface area contributed by atoms with Crippen LogP contribution in [-0.4, -0.2) is 24.7 Å². The van der Waals surface area contributed by atoms with Crippen LogP contribution >= 0.6 is 11.6 Å². The Kier molecular flexibility index (Phi) is 5.46. The first-order chi connectivity index (χ1) is 12.9. The zero-order valence-electron chi connectivity index (χ0n) is 15.6. The zero-order valence-corrected chi connectivity index (χ0v) is 16.4. The number of rotatable bonds is 6. The number of aromatic nitrogens is 1. The number of nitrogens with one attached hydrogen (secondary N) is 1. The Balaban J connectivity index is 1.88. The van der Waals surface area contributed by atoms with E-state index in [9.17, 15) is 4.79 Å². The minimum atomic E-state index is -0.242. The standard InChI is InChI=1S/C20H21ClN2O4/c1-12-8-15(13(2)23(12)11-14-6-5-7-27-14)20(24)22-17-9-16(21)18(25-3)10-19(17)26-4/h5-10H,11H2,1-4H3,(H,22,24). The highest BCUT2D eigenvalue weighted by Gasteiger charge is 2.19. The highest BCUT2D eigenvalue weighted by molar-refractivity contribution is 6.32. The molecule has 3 rings (SSSR count). The van der Waals surface area contributed by atoms with Gasteiger partial charge < -0.3 is 23.8 Å². The van der Waals surface area contributed by atoms with Gasteiger partial charge in [-0.2, -0.15) is 0 Å². The van der Waals surface area contributed by atoms with Gasteiger partial charge in [0.2, 0.25) is 0 Å². The van der Waals surface area contributed by atoms with Gasteiger partial charge in [0, 0.05) is 17.5 Å². The van der Waals surface area contributed by atoms with Crippen molar-refractivity contribution in [2.75, 3.05) is 19.5 Å². The Morgan fingerprint density at radius 3 is 2.56 bits per heavy atom. The van der Waals surface area contributed by atoms with Gasteiger partial charge in [-0.15, -0.1) is 0 Å². The first-order valence-electron chi connectivity index (χ1n) is 8.36. The van der Waals surface area contributed by atoms with Crippen molar-refractivity contribution in [2.45, 2.75) is 20.4 Å². The van der Waals surface area contributed by atoms with E-state index in [-0.39, 0.29) is 5.91 Å². The van der Waals surface area contributed by atoms with Gasteiger partial charge in [0.15, 0.2) is 0 Å². The average Bonchev–Trinajstić information content (AvgIpc) is 3.25. The maximum absolute atomic E-state index is 12.9. The molecule has 0 radical (unpaired) electrons. The van der Waals surface area contributed by atoms with Gasteiger partial charge in [-0.1, -0.05) is 11.6 Å². The second-order valence-electron chi connectivity index (χ2n) is 6.09. The number of amides is 1. The maximum atomic E-state index is 12.9. The van der Waals surface area contributed by atoms with E-state index < -0.39 is 0 Å². The highest BCUT2D eigenvalue weighted by Crippen LogP contribution is 2.36. The van der Waals surface area contributed by atoms with Crippen LogP contribution in [0.4, 0.5) is 5.69 Å². The van der Waals surface area contributed by atoms with Crippen molar-refractivity contribution in [3.8, 4) is 11.5 Å². The van der Waals surface area contributed by atoms with Gasteiger partial charge in [-0.3, -0.25) is 4.79 Å². The summed E-state index contributed by atoms with van der Waals surface area (Å²) in [4.78, 5) is 12.9. The fourth-order valence-electron chi connectivity index (χ4n) is 2.98. The lowest BCUT2D eigenvalue weighted by Gasteiger charge is -2.13. The minimum Gasteiger partial charge on any atom is -0.495 e. The molecule has 0 atom stereocenters. The van der Waals surface area contributed by atoms with E-state index in [4.69, 9.17) is 25.5 Å². The fraction of sp³-hybridized carbons (Fsp3) is 0.250. The van der Waals surface area contributed by atoms with Crippen molar-refractivity contribution < 1.29 is 18.7 Å². The largest absolute Gasteiger partial charge is 0.495 e. The predicted molar refractivity (Wildman–Crippen MR) is 104 cm³/mol. The first-order valence-corrected chi connectivity index (χ1v) is 8.74. The van der Waals surface area contributed by atoms with Crippen LogP contribution < -0.4 is 14.8 Å². The summed E-state index contributed by atoms with van der Waals surface area (Å²) in [5, 5.41) is 3.26. The van der Waals surface area contributed by atoms with E-state index in [1.54, 1.807) is 18.4 Å². The van der Waals surface area contributed by atoms with Crippen molar-refractivity contribution in [1.29, 1.82) is 0 Å². The molecule has 1 N–H and O–H groups in total. The molecule has 0 saturated carbocycles. The number of furan rings is 1. The first kappa shape index (κ1) is 18.9. The summed E-state index contributed by atoms with van der Waals surface area (Å²) >= 11 is 6.18. The molecule has 142 valence electrons. The number of benzene rings is 1. The average molecular weight is 389 g/mol. The summed E-state index contributed by atoms with van der Waals surface area (Å²) in [5.74, 6) is 1.53. The van der Waals surface area contributed by atoms with Crippen LogP contribution in [-0.2, 0) is 6.54 Å². The molecule has 0 fully saturated rings. The van der Waals surface area contributed by atoms with Crippen molar-refractivity contribution in [1.82, 2.24) is 4.57 Å². The van der Waals surface area contributed by atoms with Crippen LogP contribution in [0, 0.1) is 13.8 Å². The van der Waals surface area contributed by atoms with E-state index in [1.807, 2.05) is 36.6 Å². The zero-order chi connectivity index (χ0) is 19.6. The molecular weight excluding hydrogens is 368 g/mol. The van der Waals surface area contributed by atoms with E-state index in [1.165, 1.54) is 14.2 Å². The van der Waals surface area contributed by atoms with Gasteiger partial charge in [-0.25, -0.2) is 0 Å². The molecule has 2 aromatic heterocycles. The Bertz CT molecular complexity index is 961. The molecule has 0 saturated heterocycles. The molecule has 6 nitrogen and oxygen atoms in total. The minimum absolute atomic E-state index is 0.242. The molecule has 0 unspecified atom stereocenters. The number of ether oxygens (including phenoxy) is 2. The molecule has 1 aromatic carbocycles. The summed E-state index contributed by atoms with van der Waals surface area (Å²) in [7, 11) is 3.04. The SMILES string of the molecule is COc1cc(OC)c(NC(=O)c2cc(C)n(Cc3ccco3)c2C)cc1Cl.